The molecular weight excluding hydrogens is 271 g/mol. The molecule has 0 saturated carbocycles. The second-order valence-electron chi connectivity index (χ2n) is 3.78. The number of rotatable bonds is 2. The number of nitrogens with one attached hydrogen (secondary N) is 2. The highest BCUT2D eigenvalue weighted by atomic mass is 35.5. The number of aromatic amines is 1. The summed E-state index contributed by atoms with van der Waals surface area (Å²) in [6.45, 7) is 0. The molecule has 19 heavy (non-hydrogen) atoms. The molecule has 0 aliphatic rings. The zero-order valence-electron chi connectivity index (χ0n) is 9.48. The lowest BCUT2D eigenvalue weighted by atomic mass is 10.3. The lowest BCUT2D eigenvalue weighted by Gasteiger charge is -2.08. The van der Waals surface area contributed by atoms with Crippen molar-refractivity contribution in [1.29, 1.82) is 0 Å². The number of imidazole rings is 1. The van der Waals surface area contributed by atoms with E-state index in [9.17, 15) is 4.39 Å². The first-order chi connectivity index (χ1) is 9.13. The van der Waals surface area contributed by atoms with Crippen molar-refractivity contribution in [3.8, 4) is 0 Å². The molecule has 0 radical (unpaired) electrons. The van der Waals surface area contributed by atoms with Crippen LogP contribution in [0.2, 0.25) is 5.02 Å². The lowest BCUT2D eigenvalue weighted by Crippen LogP contribution is -2.02. The van der Waals surface area contributed by atoms with Crippen LogP contribution in [0.4, 0.5) is 21.8 Å². The fourth-order valence-electron chi connectivity index (χ4n) is 1.66. The van der Waals surface area contributed by atoms with Gasteiger partial charge in [-0.05, 0) is 18.2 Å². The molecule has 2 heterocycles. The molecular formula is C11H8ClFN6. The molecule has 96 valence electrons. The van der Waals surface area contributed by atoms with Gasteiger partial charge in [0.1, 0.15) is 11.3 Å². The maximum Gasteiger partial charge on any atom is 0.224 e. The van der Waals surface area contributed by atoms with Gasteiger partial charge in [-0.25, -0.2) is 9.37 Å². The Morgan fingerprint density at radius 3 is 3.00 bits per heavy atom. The number of benzene rings is 1. The van der Waals surface area contributed by atoms with Gasteiger partial charge in [-0.3, -0.25) is 0 Å². The van der Waals surface area contributed by atoms with E-state index in [1.165, 1.54) is 24.5 Å². The number of nitrogen functional groups attached to an aromatic ring is 1. The van der Waals surface area contributed by atoms with Crippen molar-refractivity contribution in [2.75, 3.05) is 11.1 Å². The number of H-pyrrole nitrogens is 1. The maximum absolute atomic E-state index is 13.7. The Bertz CT molecular complexity index is 756. The standard InChI is InChI=1S/C11H8ClFN6/c12-5-1-2-6(13)7(3-5)17-10-8-9(16-4-15-8)18-11(14)19-10/h1-4H,(H4,14,15,16,17,18,19). The van der Waals surface area contributed by atoms with Crippen LogP contribution in [0, 0.1) is 5.82 Å². The number of halogens is 2. The third kappa shape index (κ3) is 2.15. The highest BCUT2D eigenvalue weighted by Crippen LogP contribution is 2.26. The predicted molar refractivity (Wildman–Crippen MR) is 70.8 cm³/mol. The van der Waals surface area contributed by atoms with Crippen molar-refractivity contribution < 1.29 is 4.39 Å². The van der Waals surface area contributed by atoms with Crippen LogP contribution in [0.1, 0.15) is 0 Å². The number of nitrogens with zero attached hydrogens (tertiary/aromatic N) is 3. The smallest absolute Gasteiger partial charge is 0.224 e. The lowest BCUT2D eigenvalue weighted by molar-refractivity contribution is 0.632. The van der Waals surface area contributed by atoms with Crippen molar-refractivity contribution in [3.63, 3.8) is 0 Å². The molecule has 3 rings (SSSR count). The van der Waals surface area contributed by atoms with Gasteiger partial charge in [0.15, 0.2) is 11.5 Å². The number of hydrogen-bond donors (Lipinski definition) is 3. The summed E-state index contributed by atoms with van der Waals surface area (Å²) in [4.78, 5) is 14.8. The second kappa shape index (κ2) is 4.36. The highest BCUT2D eigenvalue weighted by molar-refractivity contribution is 6.30. The van der Waals surface area contributed by atoms with Gasteiger partial charge >= 0.3 is 0 Å². The van der Waals surface area contributed by atoms with Gasteiger partial charge in [-0.2, -0.15) is 9.97 Å². The fraction of sp³-hybridized carbons (Fsp3) is 0. The summed E-state index contributed by atoms with van der Waals surface area (Å²) in [5.41, 5.74) is 6.70. The monoisotopic (exact) mass is 278 g/mol. The molecule has 6 nitrogen and oxygen atoms in total. The van der Waals surface area contributed by atoms with Crippen molar-refractivity contribution in [1.82, 2.24) is 19.9 Å². The largest absolute Gasteiger partial charge is 0.368 e. The molecule has 0 bridgehead atoms. The summed E-state index contributed by atoms with van der Waals surface area (Å²) in [7, 11) is 0. The molecule has 0 fully saturated rings. The molecule has 0 unspecified atom stereocenters. The van der Waals surface area contributed by atoms with E-state index in [1.54, 1.807) is 0 Å². The molecule has 0 amide bonds. The van der Waals surface area contributed by atoms with E-state index in [2.05, 4.69) is 25.3 Å². The van der Waals surface area contributed by atoms with Crippen LogP contribution in [0.5, 0.6) is 0 Å². The minimum absolute atomic E-state index is 0.0459. The van der Waals surface area contributed by atoms with Crippen molar-refractivity contribution >= 4 is 40.2 Å². The topological polar surface area (TPSA) is 92.5 Å². The Labute approximate surface area is 111 Å². The Balaban J connectivity index is 2.10. The quantitative estimate of drug-likeness (QED) is 0.670. The second-order valence-corrected chi connectivity index (χ2v) is 4.22. The molecule has 0 atom stereocenters. The molecule has 2 aromatic heterocycles. The number of fused-ring (bicyclic) bond motifs is 1. The average molecular weight is 279 g/mol. The van der Waals surface area contributed by atoms with Gasteiger partial charge < -0.3 is 16.0 Å². The number of anilines is 3. The van der Waals surface area contributed by atoms with Crippen LogP contribution in [0.3, 0.4) is 0 Å². The molecule has 3 aromatic rings. The Morgan fingerprint density at radius 1 is 1.32 bits per heavy atom. The van der Waals surface area contributed by atoms with E-state index >= 15 is 0 Å². The summed E-state index contributed by atoms with van der Waals surface area (Å²) in [6.07, 6.45) is 1.46. The van der Waals surface area contributed by atoms with Gasteiger partial charge in [-0.15, -0.1) is 0 Å². The zero-order chi connectivity index (χ0) is 13.4. The van der Waals surface area contributed by atoms with Crippen LogP contribution in [-0.4, -0.2) is 19.9 Å². The third-order valence-electron chi connectivity index (χ3n) is 2.48. The van der Waals surface area contributed by atoms with Crippen molar-refractivity contribution in [2.45, 2.75) is 0 Å². The van der Waals surface area contributed by atoms with Crippen LogP contribution in [-0.2, 0) is 0 Å². The Hall–Kier alpha value is -2.41. The number of hydrogen-bond acceptors (Lipinski definition) is 5. The molecule has 0 saturated heterocycles. The summed E-state index contributed by atoms with van der Waals surface area (Å²) >= 11 is 5.83. The minimum Gasteiger partial charge on any atom is -0.368 e. The first kappa shape index (κ1) is 11.7. The third-order valence-corrected chi connectivity index (χ3v) is 2.72. The number of nitrogens with two attached hydrogens (primary N) is 1. The number of aromatic nitrogens is 4. The molecule has 0 aliphatic carbocycles. The Kier molecular flexibility index (Phi) is 2.68. The van der Waals surface area contributed by atoms with Crippen molar-refractivity contribution in [2.24, 2.45) is 0 Å². The minimum atomic E-state index is -0.450. The van der Waals surface area contributed by atoms with Crippen molar-refractivity contribution in [3.05, 3.63) is 35.4 Å². The van der Waals surface area contributed by atoms with E-state index in [-0.39, 0.29) is 11.6 Å². The molecule has 1 aromatic carbocycles. The highest BCUT2D eigenvalue weighted by Gasteiger charge is 2.11. The first-order valence-electron chi connectivity index (χ1n) is 5.32. The molecule has 0 aliphatic heterocycles. The predicted octanol–water partition coefficient (Wildman–Crippen LogP) is 2.47. The van der Waals surface area contributed by atoms with Crippen LogP contribution in [0.25, 0.3) is 11.2 Å². The summed E-state index contributed by atoms with van der Waals surface area (Å²) in [5, 5.41) is 3.23. The van der Waals surface area contributed by atoms with E-state index < -0.39 is 5.82 Å². The van der Waals surface area contributed by atoms with Crippen LogP contribution >= 0.6 is 11.6 Å². The van der Waals surface area contributed by atoms with Crippen LogP contribution < -0.4 is 11.1 Å². The zero-order valence-corrected chi connectivity index (χ0v) is 10.2. The molecule has 8 heteroatoms. The average Bonchev–Trinajstić information content (AvgIpc) is 2.82. The molecule has 4 N–H and O–H groups in total. The first-order valence-corrected chi connectivity index (χ1v) is 5.70. The van der Waals surface area contributed by atoms with Crippen LogP contribution in [0.15, 0.2) is 24.5 Å². The van der Waals surface area contributed by atoms with Gasteiger partial charge in [0.05, 0.1) is 12.0 Å². The van der Waals surface area contributed by atoms with E-state index in [0.717, 1.165) is 0 Å². The van der Waals surface area contributed by atoms with E-state index in [0.29, 0.717) is 22.0 Å². The SMILES string of the molecule is Nc1nc(Nc2cc(Cl)ccc2F)c2[nH]cnc2n1. The van der Waals surface area contributed by atoms with E-state index in [1.807, 2.05) is 0 Å². The van der Waals surface area contributed by atoms with E-state index in [4.69, 9.17) is 17.3 Å². The van der Waals surface area contributed by atoms with Gasteiger partial charge in [0.2, 0.25) is 5.95 Å². The summed E-state index contributed by atoms with van der Waals surface area (Å²) in [6, 6.07) is 4.18. The maximum atomic E-state index is 13.7. The normalized spacial score (nSPS) is 10.8. The summed E-state index contributed by atoms with van der Waals surface area (Å²) in [5.74, 6) is -0.0695. The van der Waals surface area contributed by atoms with Gasteiger partial charge in [0.25, 0.3) is 0 Å². The fourth-order valence-corrected chi connectivity index (χ4v) is 1.83. The molecule has 0 spiro atoms. The Morgan fingerprint density at radius 2 is 2.16 bits per heavy atom. The summed E-state index contributed by atoms with van der Waals surface area (Å²) < 4.78 is 13.7. The van der Waals surface area contributed by atoms with Gasteiger partial charge in [-0.1, -0.05) is 11.6 Å². The van der Waals surface area contributed by atoms with Gasteiger partial charge in [0, 0.05) is 5.02 Å².